The fourth-order valence-corrected chi connectivity index (χ4v) is 2.28. The molecule has 0 heterocycles. The molecule has 0 spiro atoms. The Kier molecular flexibility index (Phi) is 6.73. The molecule has 0 radical (unpaired) electrons. The summed E-state index contributed by atoms with van der Waals surface area (Å²) < 4.78 is 7.07. The largest absolute Gasteiger partial charge is 0.493 e. The Labute approximate surface area is 140 Å². The number of rotatable bonds is 7. The first kappa shape index (κ1) is 16.0. The van der Waals surface area contributed by atoms with E-state index < -0.39 is 0 Å². The van der Waals surface area contributed by atoms with Crippen LogP contribution in [0.1, 0.15) is 31.7 Å². The van der Waals surface area contributed by atoms with E-state index in [2.05, 4.69) is 46.6 Å². The molecule has 0 saturated heterocycles. The lowest BCUT2D eigenvalue weighted by Gasteiger charge is -2.08. The summed E-state index contributed by atoms with van der Waals surface area (Å²) in [4.78, 5) is 4.51. The van der Waals surface area contributed by atoms with Crippen LogP contribution in [0, 0.1) is 3.57 Å². The van der Waals surface area contributed by atoms with E-state index in [-0.39, 0.29) is 0 Å². The van der Waals surface area contributed by atoms with Crippen molar-refractivity contribution in [3.05, 3.63) is 57.7 Å². The van der Waals surface area contributed by atoms with Crippen molar-refractivity contribution >= 4 is 34.5 Å². The standard InChI is InChI=1S/C18H20INO/c1-2-3-6-13-21-18-8-5-4-7-15(18)14-20-17-11-9-16(19)10-12-17/h4-5,7-12,14H,2-3,6,13H2,1H3. The highest BCUT2D eigenvalue weighted by Crippen LogP contribution is 2.19. The molecule has 2 rings (SSSR count). The predicted octanol–water partition coefficient (Wildman–Crippen LogP) is 5.61. The molecule has 0 unspecified atom stereocenters. The maximum Gasteiger partial charge on any atom is 0.128 e. The maximum absolute atomic E-state index is 5.85. The van der Waals surface area contributed by atoms with Crippen LogP contribution in [0.2, 0.25) is 0 Å². The highest BCUT2D eigenvalue weighted by molar-refractivity contribution is 14.1. The number of hydrogen-bond donors (Lipinski definition) is 0. The summed E-state index contributed by atoms with van der Waals surface area (Å²) in [5.41, 5.74) is 1.98. The van der Waals surface area contributed by atoms with Gasteiger partial charge in [-0.1, -0.05) is 31.9 Å². The topological polar surface area (TPSA) is 21.6 Å². The second-order valence-electron chi connectivity index (χ2n) is 4.83. The van der Waals surface area contributed by atoms with Crippen LogP contribution >= 0.6 is 22.6 Å². The van der Waals surface area contributed by atoms with Gasteiger partial charge in [-0.25, -0.2) is 0 Å². The lowest BCUT2D eigenvalue weighted by Crippen LogP contribution is -1.99. The quantitative estimate of drug-likeness (QED) is 0.340. The average molecular weight is 393 g/mol. The molecule has 21 heavy (non-hydrogen) atoms. The highest BCUT2D eigenvalue weighted by Gasteiger charge is 2.00. The van der Waals surface area contributed by atoms with Gasteiger partial charge < -0.3 is 4.74 Å². The van der Waals surface area contributed by atoms with Crippen LogP contribution in [0.5, 0.6) is 5.75 Å². The molecule has 110 valence electrons. The molecule has 0 bridgehead atoms. The minimum absolute atomic E-state index is 0.766. The number of unbranched alkanes of at least 4 members (excludes halogenated alkanes) is 2. The molecule has 0 N–H and O–H groups in total. The van der Waals surface area contributed by atoms with Gasteiger partial charge in [0.25, 0.3) is 0 Å². The molecule has 2 aromatic carbocycles. The van der Waals surface area contributed by atoms with Crippen molar-refractivity contribution in [3.8, 4) is 5.75 Å². The second kappa shape index (κ2) is 8.82. The molecule has 0 amide bonds. The van der Waals surface area contributed by atoms with Crippen molar-refractivity contribution in [3.63, 3.8) is 0 Å². The summed E-state index contributed by atoms with van der Waals surface area (Å²) in [5.74, 6) is 0.905. The number of ether oxygens (including phenoxy) is 1. The molecular formula is C18H20INO. The average Bonchev–Trinajstić information content (AvgIpc) is 2.52. The molecule has 2 nitrogen and oxygen atoms in total. The van der Waals surface area contributed by atoms with Crippen LogP contribution in [0.4, 0.5) is 5.69 Å². The van der Waals surface area contributed by atoms with E-state index in [1.165, 1.54) is 16.4 Å². The SMILES string of the molecule is CCCCCOc1ccccc1C=Nc1ccc(I)cc1. The molecule has 0 saturated carbocycles. The third-order valence-electron chi connectivity index (χ3n) is 3.10. The van der Waals surface area contributed by atoms with E-state index in [1.54, 1.807) is 0 Å². The van der Waals surface area contributed by atoms with Gasteiger partial charge in [0.15, 0.2) is 0 Å². The number of hydrogen-bond acceptors (Lipinski definition) is 2. The minimum atomic E-state index is 0.766. The van der Waals surface area contributed by atoms with Gasteiger partial charge in [0.1, 0.15) is 5.75 Å². The Hall–Kier alpha value is -1.36. The van der Waals surface area contributed by atoms with Crippen LogP contribution in [-0.4, -0.2) is 12.8 Å². The van der Waals surface area contributed by atoms with Gasteiger partial charge in [0.2, 0.25) is 0 Å². The van der Waals surface area contributed by atoms with Crippen molar-refractivity contribution in [1.82, 2.24) is 0 Å². The van der Waals surface area contributed by atoms with Gasteiger partial charge in [0.05, 0.1) is 12.3 Å². The van der Waals surface area contributed by atoms with Gasteiger partial charge in [-0.3, -0.25) is 4.99 Å². The minimum Gasteiger partial charge on any atom is -0.493 e. The van der Waals surface area contributed by atoms with Crippen LogP contribution < -0.4 is 4.74 Å². The summed E-state index contributed by atoms with van der Waals surface area (Å²) in [6.45, 7) is 2.96. The zero-order valence-corrected chi connectivity index (χ0v) is 14.4. The van der Waals surface area contributed by atoms with E-state index >= 15 is 0 Å². The van der Waals surface area contributed by atoms with E-state index in [0.717, 1.165) is 30.0 Å². The first-order chi connectivity index (χ1) is 10.3. The third-order valence-corrected chi connectivity index (χ3v) is 3.82. The lowest BCUT2D eigenvalue weighted by molar-refractivity contribution is 0.306. The molecule has 0 aliphatic heterocycles. The first-order valence-corrected chi connectivity index (χ1v) is 8.39. The molecular weight excluding hydrogens is 373 g/mol. The van der Waals surface area contributed by atoms with Crippen LogP contribution in [0.25, 0.3) is 0 Å². The van der Waals surface area contributed by atoms with Gasteiger partial charge in [-0.2, -0.15) is 0 Å². The fourth-order valence-electron chi connectivity index (χ4n) is 1.92. The number of para-hydroxylation sites is 1. The summed E-state index contributed by atoms with van der Waals surface area (Å²) in [6.07, 6.45) is 5.38. The third kappa shape index (κ3) is 5.50. The Morgan fingerprint density at radius 1 is 1.05 bits per heavy atom. The van der Waals surface area contributed by atoms with Gasteiger partial charge in [0, 0.05) is 15.3 Å². The van der Waals surface area contributed by atoms with Gasteiger partial charge >= 0.3 is 0 Å². The summed E-state index contributed by atoms with van der Waals surface area (Å²) in [5, 5.41) is 0. The van der Waals surface area contributed by atoms with Crippen molar-refractivity contribution in [2.75, 3.05) is 6.61 Å². The smallest absolute Gasteiger partial charge is 0.128 e. The van der Waals surface area contributed by atoms with E-state index in [1.807, 2.05) is 42.6 Å². The Morgan fingerprint density at radius 3 is 2.57 bits per heavy atom. The second-order valence-corrected chi connectivity index (χ2v) is 6.07. The van der Waals surface area contributed by atoms with E-state index in [4.69, 9.17) is 4.74 Å². The number of aliphatic imine (C=N–C) groups is 1. The normalized spacial score (nSPS) is 11.0. The van der Waals surface area contributed by atoms with Crippen molar-refractivity contribution in [2.45, 2.75) is 26.2 Å². The molecule has 0 aliphatic carbocycles. The Morgan fingerprint density at radius 2 is 1.81 bits per heavy atom. The zero-order chi connectivity index (χ0) is 14.9. The molecule has 0 atom stereocenters. The van der Waals surface area contributed by atoms with Crippen molar-refractivity contribution in [1.29, 1.82) is 0 Å². The predicted molar refractivity (Wildman–Crippen MR) is 97.9 cm³/mol. The summed E-state index contributed by atoms with van der Waals surface area (Å²) in [6, 6.07) is 16.2. The van der Waals surface area contributed by atoms with Crippen LogP contribution in [0.3, 0.4) is 0 Å². The number of nitrogens with zero attached hydrogens (tertiary/aromatic N) is 1. The van der Waals surface area contributed by atoms with Crippen molar-refractivity contribution < 1.29 is 4.74 Å². The fraction of sp³-hybridized carbons (Fsp3) is 0.278. The van der Waals surface area contributed by atoms with Crippen LogP contribution in [0.15, 0.2) is 53.5 Å². The van der Waals surface area contributed by atoms with Gasteiger partial charge in [-0.05, 0) is 65.4 Å². The van der Waals surface area contributed by atoms with Crippen LogP contribution in [-0.2, 0) is 0 Å². The molecule has 0 aromatic heterocycles. The molecule has 0 aliphatic rings. The molecule has 3 heteroatoms. The number of benzene rings is 2. The lowest BCUT2D eigenvalue weighted by atomic mass is 10.2. The zero-order valence-electron chi connectivity index (χ0n) is 12.3. The van der Waals surface area contributed by atoms with Gasteiger partial charge in [-0.15, -0.1) is 0 Å². The van der Waals surface area contributed by atoms with E-state index in [0.29, 0.717) is 0 Å². The molecule has 0 fully saturated rings. The first-order valence-electron chi connectivity index (χ1n) is 7.31. The Balaban J connectivity index is 2.03. The van der Waals surface area contributed by atoms with E-state index in [9.17, 15) is 0 Å². The Bertz CT molecular complexity index is 578. The highest BCUT2D eigenvalue weighted by atomic mass is 127. The maximum atomic E-state index is 5.85. The summed E-state index contributed by atoms with van der Waals surface area (Å²) >= 11 is 2.29. The number of halogens is 1. The summed E-state index contributed by atoms with van der Waals surface area (Å²) in [7, 11) is 0. The monoisotopic (exact) mass is 393 g/mol. The van der Waals surface area contributed by atoms with Crippen molar-refractivity contribution in [2.24, 2.45) is 4.99 Å². The molecule has 2 aromatic rings.